The number of anilines is 2. The van der Waals surface area contributed by atoms with E-state index in [-0.39, 0.29) is 5.69 Å². The molecule has 0 heterocycles. The van der Waals surface area contributed by atoms with Crippen LogP contribution in [0.2, 0.25) is 0 Å². The zero-order valence-electron chi connectivity index (χ0n) is 11.9. The van der Waals surface area contributed by atoms with Crippen molar-refractivity contribution in [3.8, 4) is 0 Å². The highest BCUT2D eigenvalue weighted by atomic mass is 19.1. The lowest BCUT2D eigenvalue weighted by molar-refractivity contribution is 0.199. The molecule has 5 heteroatoms. The van der Waals surface area contributed by atoms with E-state index in [0.717, 1.165) is 5.56 Å². The molecule has 0 spiro atoms. The van der Waals surface area contributed by atoms with E-state index in [1.165, 1.54) is 6.07 Å². The molecule has 0 bridgehead atoms. The van der Waals surface area contributed by atoms with Gasteiger partial charge >= 0.3 is 6.03 Å². The summed E-state index contributed by atoms with van der Waals surface area (Å²) >= 11 is 0. The average molecular weight is 288 g/mol. The number of carbonyl (C=O) groups excluding carboxylic acids is 1. The normalized spacial score (nSPS) is 11.8. The molecule has 1 unspecified atom stereocenters. The average Bonchev–Trinajstić information content (AvgIpc) is 2.43. The van der Waals surface area contributed by atoms with Gasteiger partial charge in [-0.1, -0.05) is 24.3 Å². The molecule has 0 saturated carbocycles. The summed E-state index contributed by atoms with van der Waals surface area (Å²) in [6, 6.07) is 10.9. The molecule has 0 aliphatic carbocycles. The number of aryl methyl sites for hydroxylation is 1. The molecular weight excluding hydrogens is 271 g/mol. The van der Waals surface area contributed by atoms with Crippen LogP contribution in [0, 0.1) is 12.7 Å². The van der Waals surface area contributed by atoms with E-state index in [0.29, 0.717) is 11.3 Å². The second kappa shape index (κ2) is 6.37. The van der Waals surface area contributed by atoms with Gasteiger partial charge in [0, 0.05) is 5.69 Å². The monoisotopic (exact) mass is 288 g/mol. The predicted molar refractivity (Wildman–Crippen MR) is 80.9 cm³/mol. The summed E-state index contributed by atoms with van der Waals surface area (Å²) in [6.07, 6.45) is -0.561. The van der Waals surface area contributed by atoms with E-state index in [1.54, 1.807) is 50.2 Å². The third kappa shape index (κ3) is 3.79. The molecule has 0 aliphatic rings. The number of rotatable bonds is 3. The first-order valence-corrected chi connectivity index (χ1v) is 6.58. The quantitative estimate of drug-likeness (QED) is 0.803. The van der Waals surface area contributed by atoms with Crippen LogP contribution in [0.1, 0.15) is 24.2 Å². The number of hydrogen-bond donors (Lipinski definition) is 3. The zero-order valence-corrected chi connectivity index (χ0v) is 11.9. The smallest absolute Gasteiger partial charge is 0.323 e. The molecule has 1 atom stereocenters. The highest BCUT2D eigenvalue weighted by Gasteiger charge is 2.09. The van der Waals surface area contributed by atoms with Crippen molar-refractivity contribution in [1.82, 2.24) is 0 Å². The van der Waals surface area contributed by atoms with Crippen molar-refractivity contribution >= 4 is 17.4 Å². The van der Waals surface area contributed by atoms with Crippen molar-refractivity contribution < 1.29 is 14.3 Å². The standard InChI is InChI=1S/C16H17FN2O2/c1-10-4-3-5-14(17)15(10)19-16(21)18-13-8-6-12(7-9-13)11(2)20/h3-9,11,20H,1-2H3,(H2,18,19,21). The first kappa shape index (κ1) is 15.0. The maximum Gasteiger partial charge on any atom is 0.323 e. The van der Waals surface area contributed by atoms with Gasteiger partial charge in [-0.3, -0.25) is 0 Å². The van der Waals surface area contributed by atoms with Gasteiger partial charge in [-0.15, -0.1) is 0 Å². The van der Waals surface area contributed by atoms with Crippen LogP contribution in [-0.2, 0) is 0 Å². The Morgan fingerprint density at radius 3 is 2.38 bits per heavy atom. The fourth-order valence-electron chi connectivity index (χ4n) is 1.91. The largest absolute Gasteiger partial charge is 0.389 e. The Bertz CT molecular complexity index is 619. The number of hydrogen-bond acceptors (Lipinski definition) is 2. The van der Waals surface area contributed by atoms with Crippen molar-refractivity contribution in [1.29, 1.82) is 0 Å². The molecule has 0 aliphatic heterocycles. The van der Waals surface area contributed by atoms with Gasteiger partial charge in [0.25, 0.3) is 0 Å². The second-order valence-electron chi connectivity index (χ2n) is 4.81. The lowest BCUT2D eigenvalue weighted by Crippen LogP contribution is -2.20. The van der Waals surface area contributed by atoms with Crippen LogP contribution in [0.15, 0.2) is 42.5 Å². The molecule has 2 amide bonds. The molecular formula is C16H17FN2O2. The summed E-state index contributed by atoms with van der Waals surface area (Å²) in [4.78, 5) is 11.9. The number of nitrogens with one attached hydrogen (secondary N) is 2. The molecule has 0 radical (unpaired) electrons. The van der Waals surface area contributed by atoms with Crippen molar-refractivity contribution in [3.63, 3.8) is 0 Å². The van der Waals surface area contributed by atoms with Crippen LogP contribution in [0.25, 0.3) is 0 Å². The van der Waals surface area contributed by atoms with Crippen LogP contribution in [-0.4, -0.2) is 11.1 Å². The van der Waals surface area contributed by atoms with E-state index in [4.69, 9.17) is 0 Å². The predicted octanol–water partition coefficient (Wildman–Crippen LogP) is 3.83. The minimum Gasteiger partial charge on any atom is -0.389 e. The molecule has 4 nitrogen and oxygen atoms in total. The lowest BCUT2D eigenvalue weighted by atomic mass is 10.1. The number of benzene rings is 2. The van der Waals surface area contributed by atoms with E-state index in [1.807, 2.05) is 0 Å². The van der Waals surface area contributed by atoms with Crippen molar-refractivity contribution in [2.24, 2.45) is 0 Å². The SMILES string of the molecule is Cc1cccc(F)c1NC(=O)Nc1ccc(C(C)O)cc1. The Morgan fingerprint density at radius 1 is 1.14 bits per heavy atom. The van der Waals surface area contributed by atoms with Gasteiger partial charge in [0.2, 0.25) is 0 Å². The third-order valence-corrected chi connectivity index (χ3v) is 3.11. The van der Waals surface area contributed by atoms with Gasteiger partial charge in [-0.25, -0.2) is 9.18 Å². The van der Waals surface area contributed by atoms with Crippen LogP contribution in [0.5, 0.6) is 0 Å². The Morgan fingerprint density at radius 2 is 1.81 bits per heavy atom. The van der Waals surface area contributed by atoms with Crippen LogP contribution in [0.3, 0.4) is 0 Å². The topological polar surface area (TPSA) is 61.4 Å². The molecule has 2 aromatic rings. The number of halogens is 1. The summed E-state index contributed by atoms with van der Waals surface area (Å²) in [5, 5.41) is 14.5. The van der Waals surface area contributed by atoms with Gasteiger partial charge < -0.3 is 15.7 Å². The van der Waals surface area contributed by atoms with E-state index in [2.05, 4.69) is 10.6 Å². The molecule has 0 aromatic heterocycles. The number of amides is 2. The van der Waals surface area contributed by atoms with Gasteiger partial charge in [0.15, 0.2) is 0 Å². The van der Waals surface area contributed by atoms with Gasteiger partial charge in [0.1, 0.15) is 5.82 Å². The minimum atomic E-state index is -0.561. The van der Waals surface area contributed by atoms with Crippen LogP contribution < -0.4 is 10.6 Å². The van der Waals surface area contributed by atoms with Crippen LogP contribution in [0.4, 0.5) is 20.6 Å². The second-order valence-corrected chi connectivity index (χ2v) is 4.81. The summed E-state index contributed by atoms with van der Waals surface area (Å²) in [5.41, 5.74) is 2.13. The first-order chi connectivity index (χ1) is 9.97. The van der Waals surface area contributed by atoms with Gasteiger partial charge in [-0.05, 0) is 43.2 Å². The summed E-state index contributed by atoms with van der Waals surface area (Å²) in [5.74, 6) is -0.477. The first-order valence-electron chi connectivity index (χ1n) is 6.58. The molecule has 2 rings (SSSR count). The van der Waals surface area contributed by atoms with Gasteiger partial charge in [-0.2, -0.15) is 0 Å². The lowest BCUT2D eigenvalue weighted by Gasteiger charge is -2.11. The number of aliphatic hydroxyl groups is 1. The van der Waals surface area contributed by atoms with E-state index < -0.39 is 18.0 Å². The van der Waals surface area contributed by atoms with Gasteiger partial charge in [0.05, 0.1) is 11.8 Å². The highest BCUT2D eigenvalue weighted by Crippen LogP contribution is 2.20. The van der Waals surface area contributed by atoms with Crippen molar-refractivity contribution in [2.45, 2.75) is 20.0 Å². The Labute approximate surface area is 122 Å². The third-order valence-electron chi connectivity index (χ3n) is 3.11. The summed E-state index contributed by atoms with van der Waals surface area (Å²) in [7, 11) is 0. The van der Waals surface area contributed by atoms with Crippen molar-refractivity contribution in [2.75, 3.05) is 10.6 Å². The van der Waals surface area contributed by atoms with E-state index >= 15 is 0 Å². The Kier molecular flexibility index (Phi) is 4.55. The Balaban J connectivity index is 2.05. The van der Waals surface area contributed by atoms with E-state index in [9.17, 15) is 14.3 Å². The molecule has 21 heavy (non-hydrogen) atoms. The number of urea groups is 1. The fourth-order valence-corrected chi connectivity index (χ4v) is 1.91. The number of aliphatic hydroxyl groups excluding tert-OH is 1. The highest BCUT2D eigenvalue weighted by molar-refractivity contribution is 6.00. The summed E-state index contributed by atoms with van der Waals surface area (Å²) in [6.45, 7) is 3.38. The molecule has 0 saturated heterocycles. The number of carbonyl (C=O) groups is 1. The fraction of sp³-hybridized carbons (Fsp3) is 0.188. The maximum atomic E-state index is 13.6. The molecule has 2 aromatic carbocycles. The Hall–Kier alpha value is -2.40. The van der Waals surface area contributed by atoms with Crippen LogP contribution >= 0.6 is 0 Å². The molecule has 3 N–H and O–H groups in total. The minimum absolute atomic E-state index is 0.163. The zero-order chi connectivity index (χ0) is 15.4. The maximum absolute atomic E-state index is 13.6. The molecule has 0 fully saturated rings. The van der Waals surface area contributed by atoms with Crippen molar-refractivity contribution in [3.05, 3.63) is 59.4 Å². The summed E-state index contributed by atoms with van der Waals surface area (Å²) < 4.78 is 13.6. The molecule has 110 valence electrons. The number of para-hydroxylation sites is 1.